The maximum Gasteiger partial charge on any atom is 0.234 e. The number of carbonyl (C=O) groups is 1. The zero-order chi connectivity index (χ0) is 11.9. The largest absolute Gasteiger partial charge is 0.490 e. The van der Waals surface area contributed by atoms with Crippen LogP contribution in [0.15, 0.2) is 18.2 Å². The average Bonchev–Trinajstić information content (AvgIpc) is 2.74. The van der Waals surface area contributed by atoms with Crippen LogP contribution in [-0.4, -0.2) is 12.5 Å². The normalized spacial score (nSPS) is 21.6. The number of halogens is 1. The minimum absolute atomic E-state index is 0.0936. The van der Waals surface area contributed by atoms with E-state index in [1.54, 1.807) is 18.2 Å². The molecule has 3 rings (SSSR count). The Hall–Kier alpha value is -1.22. The second-order valence-corrected chi connectivity index (χ2v) is 5.31. The van der Waals surface area contributed by atoms with Gasteiger partial charge in [-0.15, -0.1) is 0 Å². The SMILES string of the molecule is O=C1Nc2ccc(Cl)cc2OCC12CCCC2. The quantitative estimate of drug-likeness (QED) is 0.769. The number of benzene rings is 1. The lowest BCUT2D eigenvalue weighted by atomic mass is 9.86. The minimum Gasteiger partial charge on any atom is -0.490 e. The number of ether oxygens (including phenoxy) is 1. The lowest BCUT2D eigenvalue weighted by Crippen LogP contribution is -2.37. The van der Waals surface area contributed by atoms with Crippen molar-refractivity contribution in [1.29, 1.82) is 0 Å². The van der Waals surface area contributed by atoms with Crippen molar-refractivity contribution in [3.05, 3.63) is 23.2 Å². The van der Waals surface area contributed by atoms with Crippen LogP contribution in [0.3, 0.4) is 0 Å². The van der Waals surface area contributed by atoms with Crippen LogP contribution < -0.4 is 10.1 Å². The number of anilines is 1. The fourth-order valence-corrected chi connectivity index (χ4v) is 2.84. The van der Waals surface area contributed by atoms with Gasteiger partial charge in [-0.05, 0) is 25.0 Å². The first-order valence-corrected chi connectivity index (χ1v) is 6.31. The number of nitrogens with one attached hydrogen (secondary N) is 1. The number of hydrogen-bond acceptors (Lipinski definition) is 2. The highest BCUT2D eigenvalue weighted by Gasteiger charge is 2.43. The average molecular weight is 252 g/mol. The van der Waals surface area contributed by atoms with Gasteiger partial charge in [0.1, 0.15) is 12.4 Å². The van der Waals surface area contributed by atoms with E-state index < -0.39 is 0 Å². The zero-order valence-electron chi connectivity index (χ0n) is 9.46. The summed E-state index contributed by atoms with van der Waals surface area (Å²) in [6.45, 7) is 0.464. The molecular formula is C13H14ClNO2. The lowest BCUT2D eigenvalue weighted by Gasteiger charge is -2.23. The number of amides is 1. The molecule has 1 aromatic rings. The first-order valence-electron chi connectivity index (χ1n) is 5.93. The van der Waals surface area contributed by atoms with E-state index in [0.717, 1.165) is 31.4 Å². The second-order valence-electron chi connectivity index (χ2n) is 4.87. The fourth-order valence-electron chi connectivity index (χ4n) is 2.68. The van der Waals surface area contributed by atoms with Gasteiger partial charge in [0.05, 0.1) is 11.1 Å². The van der Waals surface area contributed by atoms with Crippen LogP contribution in [0.4, 0.5) is 5.69 Å². The van der Waals surface area contributed by atoms with E-state index in [2.05, 4.69) is 5.32 Å². The van der Waals surface area contributed by atoms with Crippen LogP contribution in [0.25, 0.3) is 0 Å². The van der Waals surface area contributed by atoms with Crippen molar-refractivity contribution in [1.82, 2.24) is 0 Å². The van der Waals surface area contributed by atoms with Gasteiger partial charge in [-0.2, -0.15) is 0 Å². The van der Waals surface area contributed by atoms with E-state index >= 15 is 0 Å². The molecule has 3 nitrogen and oxygen atoms in total. The zero-order valence-corrected chi connectivity index (χ0v) is 10.2. The van der Waals surface area contributed by atoms with Gasteiger partial charge in [0, 0.05) is 11.1 Å². The molecule has 1 aliphatic heterocycles. The number of rotatable bonds is 0. The van der Waals surface area contributed by atoms with Gasteiger partial charge in [0.25, 0.3) is 0 Å². The Labute approximate surface area is 105 Å². The Kier molecular flexibility index (Phi) is 2.51. The minimum atomic E-state index is -0.328. The Morgan fingerprint density at radius 3 is 2.82 bits per heavy atom. The molecule has 0 atom stereocenters. The summed E-state index contributed by atoms with van der Waals surface area (Å²) >= 11 is 5.92. The Morgan fingerprint density at radius 2 is 2.06 bits per heavy atom. The van der Waals surface area contributed by atoms with E-state index in [4.69, 9.17) is 16.3 Å². The lowest BCUT2D eigenvalue weighted by molar-refractivity contribution is -0.126. The molecular weight excluding hydrogens is 238 g/mol. The Bertz CT molecular complexity index is 466. The van der Waals surface area contributed by atoms with E-state index in [1.165, 1.54) is 0 Å². The van der Waals surface area contributed by atoms with Crippen LogP contribution in [0.2, 0.25) is 5.02 Å². The maximum absolute atomic E-state index is 12.3. The second kappa shape index (κ2) is 3.91. The molecule has 1 amide bonds. The fraction of sp³-hybridized carbons (Fsp3) is 0.462. The molecule has 0 bridgehead atoms. The third kappa shape index (κ3) is 1.78. The van der Waals surface area contributed by atoms with E-state index in [0.29, 0.717) is 17.4 Å². The number of fused-ring (bicyclic) bond motifs is 1. The van der Waals surface area contributed by atoms with Crippen molar-refractivity contribution < 1.29 is 9.53 Å². The summed E-state index contributed by atoms with van der Waals surface area (Å²) in [5, 5.41) is 3.59. The standard InChI is InChI=1S/C13H14ClNO2/c14-9-3-4-10-11(7-9)17-8-13(12(16)15-10)5-1-2-6-13/h3-4,7H,1-2,5-6,8H2,(H,15,16). The summed E-state index contributed by atoms with van der Waals surface area (Å²) < 4.78 is 5.77. The Morgan fingerprint density at radius 1 is 1.29 bits per heavy atom. The van der Waals surface area contributed by atoms with Gasteiger partial charge in [-0.25, -0.2) is 0 Å². The van der Waals surface area contributed by atoms with Gasteiger partial charge in [0.2, 0.25) is 5.91 Å². The summed E-state index contributed by atoms with van der Waals surface area (Å²) in [6.07, 6.45) is 4.04. The molecule has 1 saturated carbocycles. The first-order chi connectivity index (χ1) is 8.20. The van der Waals surface area contributed by atoms with Gasteiger partial charge < -0.3 is 10.1 Å². The monoisotopic (exact) mass is 251 g/mol. The molecule has 0 aromatic heterocycles. The predicted octanol–water partition coefficient (Wildman–Crippen LogP) is 3.23. The highest BCUT2D eigenvalue weighted by Crippen LogP contribution is 2.43. The topological polar surface area (TPSA) is 38.3 Å². The van der Waals surface area contributed by atoms with E-state index in [1.807, 2.05) is 0 Å². The van der Waals surface area contributed by atoms with Crippen molar-refractivity contribution >= 4 is 23.2 Å². The summed E-state index contributed by atoms with van der Waals surface area (Å²) in [5.41, 5.74) is 0.397. The first kappa shape index (κ1) is 10.9. The molecule has 1 fully saturated rings. The van der Waals surface area contributed by atoms with E-state index in [-0.39, 0.29) is 11.3 Å². The summed E-state index contributed by atoms with van der Waals surface area (Å²) in [5.74, 6) is 0.769. The van der Waals surface area contributed by atoms with Crippen LogP contribution >= 0.6 is 11.6 Å². The van der Waals surface area contributed by atoms with Crippen molar-refractivity contribution in [3.63, 3.8) is 0 Å². The third-order valence-electron chi connectivity index (χ3n) is 3.74. The van der Waals surface area contributed by atoms with Crippen molar-refractivity contribution in [2.24, 2.45) is 5.41 Å². The molecule has 1 N–H and O–H groups in total. The van der Waals surface area contributed by atoms with Gasteiger partial charge >= 0.3 is 0 Å². The molecule has 2 aliphatic rings. The maximum atomic E-state index is 12.3. The highest BCUT2D eigenvalue weighted by atomic mass is 35.5. The van der Waals surface area contributed by atoms with Crippen LogP contribution in [-0.2, 0) is 4.79 Å². The smallest absolute Gasteiger partial charge is 0.234 e. The molecule has 0 saturated heterocycles. The summed E-state index contributed by atoms with van der Waals surface area (Å²) in [6, 6.07) is 5.31. The molecule has 0 radical (unpaired) electrons. The van der Waals surface area contributed by atoms with Gasteiger partial charge in [0.15, 0.2) is 0 Å². The van der Waals surface area contributed by atoms with Gasteiger partial charge in [-0.1, -0.05) is 24.4 Å². The third-order valence-corrected chi connectivity index (χ3v) is 3.97. The molecule has 1 aromatic carbocycles. The summed E-state index contributed by atoms with van der Waals surface area (Å²) in [7, 11) is 0. The van der Waals surface area contributed by atoms with E-state index in [9.17, 15) is 4.79 Å². The molecule has 17 heavy (non-hydrogen) atoms. The molecule has 1 aliphatic carbocycles. The molecule has 0 unspecified atom stereocenters. The number of carbonyl (C=O) groups excluding carboxylic acids is 1. The van der Waals surface area contributed by atoms with Crippen LogP contribution in [0.5, 0.6) is 5.75 Å². The summed E-state index contributed by atoms with van der Waals surface area (Å²) in [4.78, 5) is 12.3. The van der Waals surface area contributed by atoms with Crippen LogP contribution in [0, 0.1) is 5.41 Å². The highest BCUT2D eigenvalue weighted by molar-refractivity contribution is 6.30. The van der Waals surface area contributed by atoms with Crippen molar-refractivity contribution in [2.75, 3.05) is 11.9 Å². The van der Waals surface area contributed by atoms with Crippen molar-refractivity contribution in [2.45, 2.75) is 25.7 Å². The molecule has 90 valence electrons. The molecule has 1 spiro atoms. The molecule has 1 heterocycles. The Balaban J connectivity index is 1.96. The van der Waals surface area contributed by atoms with Crippen molar-refractivity contribution in [3.8, 4) is 5.75 Å². The molecule has 4 heteroatoms. The van der Waals surface area contributed by atoms with Crippen LogP contribution in [0.1, 0.15) is 25.7 Å². The van der Waals surface area contributed by atoms with Gasteiger partial charge in [-0.3, -0.25) is 4.79 Å². The predicted molar refractivity (Wildman–Crippen MR) is 66.5 cm³/mol. The number of hydrogen-bond donors (Lipinski definition) is 1.